The van der Waals surface area contributed by atoms with Gasteiger partial charge in [-0.3, -0.25) is 14.3 Å². The van der Waals surface area contributed by atoms with Crippen LogP contribution >= 0.6 is 11.3 Å². The molecule has 3 aromatic rings. The lowest BCUT2D eigenvalue weighted by Gasteiger charge is -2.13. The Balaban J connectivity index is 1.55. The fraction of sp³-hybridized carbons (Fsp3) is 0.409. The Kier molecular flexibility index (Phi) is 6.84. The molecule has 9 heteroatoms. The van der Waals surface area contributed by atoms with Crippen molar-refractivity contribution in [3.8, 4) is 0 Å². The number of aryl methyl sites for hydroxylation is 3. The van der Waals surface area contributed by atoms with Gasteiger partial charge in [0.2, 0.25) is 11.8 Å². The van der Waals surface area contributed by atoms with Gasteiger partial charge in [-0.05, 0) is 36.6 Å². The summed E-state index contributed by atoms with van der Waals surface area (Å²) in [5, 5.41) is 10.7. The number of nitrogens with one attached hydrogen (secondary N) is 2. The molecule has 0 atom stereocenters. The van der Waals surface area contributed by atoms with Crippen LogP contribution in [-0.4, -0.2) is 31.6 Å². The van der Waals surface area contributed by atoms with Crippen LogP contribution in [0.15, 0.2) is 30.6 Å². The van der Waals surface area contributed by atoms with Gasteiger partial charge in [0.15, 0.2) is 5.13 Å². The van der Waals surface area contributed by atoms with Crippen LogP contribution in [0.2, 0.25) is 0 Å². The van der Waals surface area contributed by atoms with E-state index in [-0.39, 0.29) is 23.7 Å². The number of amides is 2. The maximum atomic E-state index is 12.5. The van der Waals surface area contributed by atoms with E-state index in [1.807, 2.05) is 25.2 Å². The molecule has 31 heavy (non-hydrogen) atoms. The van der Waals surface area contributed by atoms with E-state index in [1.165, 1.54) is 18.3 Å². The number of anilines is 2. The highest BCUT2D eigenvalue weighted by Crippen LogP contribution is 2.23. The molecule has 0 aliphatic carbocycles. The largest absolute Gasteiger partial charge is 0.311 e. The topological polar surface area (TPSA) is 102 Å². The number of hydrogen-bond acceptors (Lipinski definition) is 6. The van der Waals surface area contributed by atoms with Crippen molar-refractivity contribution >= 4 is 34.1 Å². The van der Waals surface area contributed by atoms with Gasteiger partial charge in [-0.1, -0.05) is 20.8 Å². The van der Waals surface area contributed by atoms with Gasteiger partial charge in [-0.2, -0.15) is 5.10 Å². The quantitative estimate of drug-likeness (QED) is 0.586. The summed E-state index contributed by atoms with van der Waals surface area (Å²) in [6, 6.07) is 5.77. The number of rotatable bonds is 7. The molecule has 0 unspecified atom stereocenters. The van der Waals surface area contributed by atoms with Crippen molar-refractivity contribution in [2.75, 3.05) is 10.6 Å². The van der Waals surface area contributed by atoms with Crippen LogP contribution in [0.25, 0.3) is 0 Å². The Bertz CT molecular complexity index is 1080. The molecule has 0 aliphatic heterocycles. The summed E-state index contributed by atoms with van der Waals surface area (Å²) in [4.78, 5) is 33.2. The van der Waals surface area contributed by atoms with Crippen LogP contribution in [-0.2, 0) is 41.3 Å². The van der Waals surface area contributed by atoms with E-state index in [2.05, 4.69) is 46.5 Å². The first-order valence-corrected chi connectivity index (χ1v) is 10.9. The minimum Gasteiger partial charge on any atom is -0.311 e. The van der Waals surface area contributed by atoms with E-state index < -0.39 is 0 Å². The Morgan fingerprint density at radius 1 is 1.13 bits per heavy atom. The molecule has 0 radical (unpaired) electrons. The van der Waals surface area contributed by atoms with Crippen LogP contribution in [0.1, 0.15) is 49.5 Å². The molecule has 0 aromatic carbocycles. The highest BCUT2D eigenvalue weighted by atomic mass is 32.1. The Labute approximate surface area is 186 Å². The third kappa shape index (κ3) is 6.45. The van der Waals surface area contributed by atoms with Gasteiger partial charge in [-0.25, -0.2) is 9.97 Å². The van der Waals surface area contributed by atoms with Crippen LogP contribution in [0.3, 0.4) is 0 Å². The second kappa shape index (κ2) is 9.38. The Morgan fingerprint density at radius 2 is 1.90 bits per heavy atom. The molecule has 3 heterocycles. The van der Waals surface area contributed by atoms with Crippen molar-refractivity contribution in [1.29, 1.82) is 0 Å². The molecule has 2 amide bonds. The maximum Gasteiger partial charge on any atom is 0.232 e. The summed E-state index contributed by atoms with van der Waals surface area (Å²) in [5.41, 5.74) is 2.84. The van der Waals surface area contributed by atoms with E-state index in [0.717, 1.165) is 34.7 Å². The van der Waals surface area contributed by atoms with Gasteiger partial charge >= 0.3 is 0 Å². The molecule has 0 aliphatic rings. The lowest BCUT2D eigenvalue weighted by molar-refractivity contribution is -0.116. The molecular weight excluding hydrogens is 412 g/mol. The molecule has 0 saturated heterocycles. The minimum atomic E-state index is -0.145. The summed E-state index contributed by atoms with van der Waals surface area (Å²) in [6.45, 7) is 7.76. The molecule has 164 valence electrons. The van der Waals surface area contributed by atoms with Gasteiger partial charge in [0.05, 0.1) is 12.1 Å². The number of carbonyl (C=O) groups excluding carboxylic acids is 2. The molecule has 0 spiro atoms. The highest BCUT2D eigenvalue weighted by molar-refractivity contribution is 7.15. The zero-order chi connectivity index (χ0) is 22.6. The van der Waals surface area contributed by atoms with E-state index in [4.69, 9.17) is 0 Å². The van der Waals surface area contributed by atoms with Gasteiger partial charge in [0.1, 0.15) is 5.82 Å². The number of aromatic nitrogens is 4. The maximum absolute atomic E-state index is 12.5. The van der Waals surface area contributed by atoms with Crippen molar-refractivity contribution in [2.24, 2.45) is 7.05 Å². The third-order valence-electron chi connectivity index (χ3n) is 4.68. The fourth-order valence-corrected chi connectivity index (χ4v) is 3.82. The molecule has 0 bridgehead atoms. The van der Waals surface area contributed by atoms with Crippen molar-refractivity contribution in [1.82, 2.24) is 19.7 Å². The third-order valence-corrected chi connectivity index (χ3v) is 5.65. The Hall–Kier alpha value is -3.07. The zero-order valence-electron chi connectivity index (χ0n) is 18.5. The van der Waals surface area contributed by atoms with Crippen molar-refractivity contribution in [2.45, 2.75) is 52.4 Å². The van der Waals surface area contributed by atoms with Crippen LogP contribution in [0.4, 0.5) is 10.9 Å². The highest BCUT2D eigenvalue weighted by Gasteiger charge is 2.20. The van der Waals surface area contributed by atoms with Crippen LogP contribution in [0, 0.1) is 0 Å². The van der Waals surface area contributed by atoms with E-state index in [0.29, 0.717) is 10.9 Å². The molecule has 2 N–H and O–H groups in total. The summed E-state index contributed by atoms with van der Waals surface area (Å²) in [7, 11) is 1.86. The van der Waals surface area contributed by atoms with Crippen LogP contribution in [0.5, 0.6) is 0 Å². The fourth-order valence-electron chi connectivity index (χ4n) is 2.99. The lowest BCUT2D eigenvalue weighted by atomic mass is 9.92. The summed E-state index contributed by atoms with van der Waals surface area (Å²) < 4.78 is 1.76. The average molecular weight is 441 g/mol. The number of hydrogen-bond donors (Lipinski definition) is 2. The number of thiazole rings is 1. The first kappa shape index (κ1) is 22.6. The first-order chi connectivity index (χ1) is 14.6. The predicted molar refractivity (Wildman–Crippen MR) is 122 cm³/mol. The van der Waals surface area contributed by atoms with Crippen molar-refractivity contribution < 1.29 is 9.59 Å². The standard InChI is InChI=1S/C22H28N6O2S/c1-14(29)25-19-10-15(8-9-23-19)6-7-17-13-24-21(31-17)26-20(30)12-16-11-18(22(2,3)4)27-28(16)5/h8-11,13H,6-7,12H2,1-5H3,(H,23,25,29)(H,24,26,30). The molecule has 3 aromatic heterocycles. The normalized spacial score (nSPS) is 11.4. The molecule has 0 fully saturated rings. The van der Waals surface area contributed by atoms with Crippen LogP contribution < -0.4 is 10.6 Å². The molecule has 8 nitrogen and oxygen atoms in total. The second-order valence-corrected chi connectivity index (χ2v) is 9.60. The van der Waals surface area contributed by atoms with Crippen molar-refractivity contribution in [3.05, 3.63) is 52.4 Å². The second-order valence-electron chi connectivity index (χ2n) is 8.48. The molecule has 3 rings (SSSR count). The van der Waals surface area contributed by atoms with Gasteiger partial charge in [-0.15, -0.1) is 11.3 Å². The Morgan fingerprint density at radius 3 is 2.58 bits per heavy atom. The predicted octanol–water partition coefficient (Wildman–Crippen LogP) is 3.49. The number of carbonyl (C=O) groups is 2. The number of nitrogens with zero attached hydrogens (tertiary/aromatic N) is 4. The van der Waals surface area contributed by atoms with E-state index in [1.54, 1.807) is 17.1 Å². The molecule has 0 saturated carbocycles. The average Bonchev–Trinajstić information content (AvgIpc) is 3.26. The monoisotopic (exact) mass is 440 g/mol. The van der Waals surface area contributed by atoms with E-state index in [9.17, 15) is 9.59 Å². The first-order valence-electron chi connectivity index (χ1n) is 10.1. The molecular formula is C22H28N6O2S. The summed E-state index contributed by atoms with van der Waals surface area (Å²) in [5.74, 6) is 0.290. The minimum absolute atomic E-state index is 0.0611. The van der Waals surface area contributed by atoms with Gasteiger partial charge in [0.25, 0.3) is 0 Å². The SMILES string of the molecule is CC(=O)Nc1cc(CCc2cnc(NC(=O)Cc3cc(C(C)(C)C)nn3C)s2)ccn1. The summed E-state index contributed by atoms with van der Waals surface area (Å²) >= 11 is 1.47. The van der Waals surface area contributed by atoms with Crippen molar-refractivity contribution in [3.63, 3.8) is 0 Å². The lowest BCUT2D eigenvalue weighted by Crippen LogP contribution is -2.16. The van der Waals surface area contributed by atoms with Gasteiger partial charge in [0, 0.05) is 42.4 Å². The van der Waals surface area contributed by atoms with E-state index >= 15 is 0 Å². The van der Waals surface area contributed by atoms with Gasteiger partial charge < -0.3 is 10.6 Å². The summed E-state index contributed by atoms with van der Waals surface area (Å²) in [6.07, 6.45) is 5.29. The zero-order valence-corrected chi connectivity index (χ0v) is 19.3. The number of pyridine rings is 1. The smallest absolute Gasteiger partial charge is 0.232 e.